The summed E-state index contributed by atoms with van der Waals surface area (Å²) in [6, 6.07) is 2.52. The summed E-state index contributed by atoms with van der Waals surface area (Å²) in [7, 11) is 1.44. The van der Waals surface area contributed by atoms with Crippen LogP contribution in [0.4, 0.5) is 4.39 Å². The fraction of sp³-hybridized carbons (Fsp3) is 0.111. The molecule has 0 saturated carbocycles. The molecule has 0 fully saturated rings. The minimum Gasteiger partial charge on any atom is -0.494 e. The molecule has 0 saturated heterocycles. The molecule has 0 atom stereocenters. The van der Waals surface area contributed by atoms with Crippen LogP contribution in [0.1, 0.15) is 0 Å². The fourth-order valence-electron chi connectivity index (χ4n) is 1.19. The number of halogens is 2. The maximum atomic E-state index is 13.0. The van der Waals surface area contributed by atoms with E-state index in [1.54, 1.807) is 0 Å². The predicted octanol–water partition coefficient (Wildman–Crippen LogP) is 2.43. The van der Waals surface area contributed by atoms with Crippen LogP contribution in [0, 0.1) is 5.82 Å². The molecule has 0 N–H and O–H groups in total. The number of hydrogen-bond donors (Lipinski definition) is 0. The van der Waals surface area contributed by atoms with Crippen LogP contribution in [0.25, 0.3) is 11.0 Å². The van der Waals surface area contributed by atoms with Crippen molar-refractivity contribution in [1.29, 1.82) is 0 Å². The van der Waals surface area contributed by atoms with Crippen LogP contribution in [0.2, 0.25) is 5.15 Å². The molecule has 72 valence electrons. The summed E-state index contributed by atoms with van der Waals surface area (Å²) in [6.07, 6.45) is 1.36. The molecule has 1 aromatic heterocycles. The van der Waals surface area contributed by atoms with Gasteiger partial charge in [0.25, 0.3) is 0 Å². The maximum Gasteiger partial charge on any atom is 0.149 e. The Labute approximate surface area is 84.5 Å². The van der Waals surface area contributed by atoms with Crippen molar-refractivity contribution < 1.29 is 9.13 Å². The molecule has 0 aliphatic rings. The summed E-state index contributed by atoms with van der Waals surface area (Å²) in [5.74, 6) is -0.0824. The summed E-state index contributed by atoms with van der Waals surface area (Å²) in [5, 5.41) is 0.252. The number of nitrogens with zero attached hydrogens (tertiary/aromatic N) is 2. The number of fused-ring (bicyclic) bond motifs is 1. The molecule has 0 spiro atoms. The van der Waals surface area contributed by atoms with E-state index in [2.05, 4.69) is 9.97 Å². The van der Waals surface area contributed by atoms with Crippen LogP contribution >= 0.6 is 11.6 Å². The van der Waals surface area contributed by atoms with Gasteiger partial charge in [-0.1, -0.05) is 11.6 Å². The summed E-state index contributed by atoms with van der Waals surface area (Å²) < 4.78 is 18.0. The lowest BCUT2D eigenvalue weighted by Gasteiger charge is -2.03. The number of aromatic nitrogens is 2. The van der Waals surface area contributed by atoms with Crippen LogP contribution in [0.5, 0.6) is 5.75 Å². The van der Waals surface area contributed by atoms with Gasteiger partial charge in [-0.25, -0.2) is 9.37 Å². The van der Waals surface area contributed by atoms with Crippen LogP contribution in [0.15, 0.2) is 18.3 Å². The molecule has 1 heterocycles. The van der Waals surface area contributed by atoms with Gasteiger partial charge in [0.1, 0.15) is 22.2 Å². The van der Waals surface area contributed by atoms with Crippen molar-refractivity contribution in [2.75, 3.05) is 7.11 Å². The molecular formula is C9H6ClFN2O. The molecule has 0 aliphatic heterocycles. The Bertz CT molecular complexity index is 489. The summed E-state index contributed by atoms with van der Waals surface area (Å²) in [5.41, 5.74) is 0.882. The summed E-state index contributed by atoms with van der Waals surface area (Å²) >= 11 is 5.66. The van der Waals surface area contributed by atoms with E-state index in [4.69, 9.17) is 16.3 Å². The zero-order valence-corrected chi connectivity index (χ0v) is 8.05. The van der Waals surface area contributed by atoms with E-state index < -0.39 is 5.82 Å². The predicted molar refractivity (Wildman–Crippen MR) is 51.1 cm³/mol. The zero-order valence-electron chi connectivity index (χ0n) is 7.29. The van der Waals surface area contributed by atoms with E-state index in [1.165, 1.54) is 25.4 Å². The molecule has 0 radical (unpaired) electrons. The average molecular weight is 213 g/mol. The number of methoxy groups -OCH3 is 1. The smallest absolute Gasteiger partial charge is 0.149 e. The van der Waals surface area contributed by atoms with E-state index in [0.29, 0.717) is 16.8 Å². The Kier molecular flexibility index (Phi) is 2.21. The van der Waals surface area contributed by atoms with E-state index in [1.807, 2.05) is 0 Å². The van der Waals surface area contributed by atoms with Gasteiger partial charge in [0.15, 0.2) is 0 Å². The van der Waals surface area contributed by atoms with Gasteiger partial charge in [0.2, 0.25) is 0 Å². The first-order valence-corrected chi connectivity index (χ1v) is 4.24. The van der Waals surface area contributed by atoms with Crippen LogP contribution in [-0.2, 0) is 0 Å². The van der Waals surface area contributed by atoms with Gasteiger partial charge in [-0.15, -0.1) is 0 Å². The highest BCUT2D eigenvalue weighted by Gasteiger charge is 2.07. The van der Waals surface area contributed by atoms with E-state index in [0.717, 1.165) is 0 Å². The second-order valence-corrected chi connectivity index (χ2v) is 3.06. The highest BCUT2D eigenvalue weighted by atomic mass is 35.5. The first-order chi connectivity index (χ1) is 6.70. The third-order valence-corrected chi connectivity index (χ3v) is 1.95. The lowest BCUT2D eigenvalue weighted by atomic mass is 10.2. The molecule has 0 unspecified atom stereocenters. The highest BCUT2D eigenvalue weighted by Crippen LogP contribution is 2.24. The van der Waals surface area contributed by atoms with Crippen molar-refractivity contribution in [1.82, 2.24) is 9.97 Å². The number of ether oxygens (including phenoxy) is 1. The molecule has 0 amide bonds. The van der Waals surface area contributed by atoms with Gasteiger partial charge >= 0.3 is 0 Å². The van der Waals surface area contributed by atoms with Gasteiger partial charge in [-0.3, -0.25) is 4.98 Å². The summed E-state index contributed by atoms with van der Waals surface area (Å²) in [6.45, 7) is 0. The average Bonchev–Trinajstić information content (AvgIpc) is 2.17. The van der Waals surface area contributed by atoms with Gasteiger partial charge in [0.05, 0.1) is 18.8 Å². The van der Waals surface area contributed by atoms with E-state index in [-0.39, 0.29) is 5.15 Å². The SMILES string of the molecule is COc1cc(F)cc2ncc(Cl)nc12. The quantitative estimate of drug-likeness (QED) is 0.728. The first-order valence-electron chi connectivity index (χ1n) is 3.86. The van der Waals surface area contributed by atoms with Gasteiger partial charge in [-0.05, 0) is 0 Å². The lowest BCUT2D eigenvalue weighted by molar-refractivity contribution is 0.415. The fourth-order valence-corrected chi connectivity index (χ4v) is 1.32. The minimum atomic E-state index is -0.411. The molecule has 0 bridgehead atoms. The van der Waals surface area contributed by atoms with Crippen molar-refractivity contribution in [2.24, 2.45) is 0 Å². The standard InChI is InChI=1S/C9H6ClFN2O/c1-14-7-3-5(11)2-6-9(7)13-8(10)4-12-6/h2-4H,1H3. The molecule has 2 rings (SSSR count). The van der Waals surface area contributed by atoms with Crippen molar-refractivity contribution in [2.45, 2.75) is 0 Å². The third-order valence-electron chi connectivity index (χ3n) is 1.77. The van der Waals surface area contributed by atoms with Crippen LogP contribution < -0.4 is 4.74 Å². The molecule has 3 nitrogen and oxygen atoms in total. The maximum absolute atomic E-state index is 13.0. The largest absolute Gasteiger partial charge is 0.494 e. The normalized spacial score (nSPS) is 10.5. The Morgan fingerprint density at radius 1 is 1.43 bits per heavy atom. The van der Waals surface area contributed by atoms with Gasteiger partial charge in [0, 0.05) is 12.1 Å². The zero-order chi connectivity index (χ0) is 10.1. The van der Waals surface area contributed by atoms with Gasteiger partial charge in [-0.2, -0.15) is 0 Å². The second-order valence-electron chi connectivity index (χ2n) is 2.67. The van der Waals surface area contributed by atoms with E-state index in [9.17, 15) is 4.39 Å². The number of rotatable bonds is 1. The Hall–Kier alpha value is -1.42. The van der Waals surface area contributed by atoms with Crippen molar-refractivity contribution in [3.8, 4) is 5.75 Å². The number of hydrogen-bond acceptors (Lipinski definition) is 3. The first kappa shape index (κ1) is 9.15. The Morgan fingerprint density at radius 2 is 2.21 bits per heavy atom. The van der Waals surface area contributed by atoms with Crippen molar-refractivity contribution >= 4 is 22.6 Å². The van der Waals surface area contributed by atoms with E-state index >= 15 is 0 Å². The molecule has 14 heavy (non-hydrogen) atoms. The highest BCUT2D eigenvalue weighted by molar-refractivity contribution is 6.29. The van der Waals surface area contributed by atoms with Gasteiger partial charge < -0.3 is 4.74 Å². The molecular weight excluding hydrogens is 207 g/mol. The van der Waals surface area contributed by atoms with Crippen molar-refractivity contribution in [3.63, 3.8) is 0 Å². The van der Waals surface area contributed by atoms with Crippen molar-refractivity contribution in [3.05, 3.63) is 29.3 Å². The minimum absolute atomic E-state index is 0.252. The number of benzene rings is 1. The molecule has 5 heteroatoms. The summed E-state index contributed by atoms with van der Waals surface area (Å²) in [4.78, 5) is 7.93. The topological polar surface area (TPSA) is 35.0 Å². The second kappa shape index (κ2) is 3.38. The molecule has 1 aromatic carbocycles. The Balaban J connectivity index is 2.81. The monoisotopic (exact) mass is 212 g/mol. The third kappa shape index (κ3) is 1.48. The lowest BCUT2D eigenvalue weighted by Crippen LogP contribution is -1.91. The van der Waals surface area contributed by atoms with Crippen LogP contribution in [0.3, 0.4) is 0 Å². The molecule has 0 aliphatic carbocycles. The molecule has 2 aromatic rings. The van der Waals surface area contributed by atoms with Crippen LogP contribution in [-0.4, -0.2) is 17.1 Å². The Morgan fingerprint density at radius 3 is 2.93 bits per heavy atom.